The Bertz CT molecular complexity index is 470. The zero-order valence-corrected chi connectivity index (χ0v) is 11.3. The van der Waals surface area contributed by atoms with Crippen molar-refractivity contribution in [1.82, 2.24) is 4.98 Å². The summed E-state index contributed by atoms with van der Waals surface area (Å²) in [4.78, 5) is 31.5. The van der Waals surface area contributed by atoms with Crippen LogP contribution in [0.15, 0.2) is 18.5 Å². The summed E-state index contributed by atoms with van der Waals surface area (Å²) >= 11 is 0. The van der Waals surface area contributed by atoms with Gasteiger partial charge in [-0.05, 0) is 24.5 Å². The average Bonchev–Trinajstić information content (AvgIpc) is 2.10. The molecule has 0 radical (unpaired) electrons. The third-order valence-corrected chi connectivity index (χ3v) is 6.73. The maximum Gasteiger partial charge on any atom is 0.338 e. The Morgan fingerprint density at radius 3 is 2.29 bits per heavy atom. The van der Waals surface area contributed by atoms with E-state index in [0.29, 0.717) is 5.56 Å². The fraction of sp³-hybridized carbons (Fsp3) is 0.444. The lowest BCUT2D eigenvalue weighted by atomic mass is 10.2. The molecule has 0 bridgehead atoms. The molecule has 0 aromatic carbocycles. The summed E-state index contributed by atoms with van der Waals surface area (Å²) in [5, 5.41) is -1.57. The molecule has 0 saturated heterocycles. The molecule has 0 aliphatic carbocycles. The van der Waals surface area contributed by atoms with Crippen LogP contribution >= 0.6 is 15.0 Å². The molecule has 1 aromatic rings. The van der Waals surface area contributed by atoms with Gasteiger partial charge in [0.2, 0.25) is 7.37 Å². The van der Waals surface area contributed by atoms with E-state index in [9.17, 15) is 14.0 Å². The van der Waals surface area contributed by atoms with Crippen LogP contribution in [0, 0.1) is 6.92 Å². The Balaban J connectivity index is 3.04. The number of aromatic nitrogens is 1. The smallest absolute Gasteiger partial charge is 0.338 e. The first-order valence-electron chi connectivity index (χ1n) is 4.86. The molecule has 2 unspecified atom stereocenters. The molecule has 8 heteroatoms. The zero-order valence-electron chi connectivity index (χ0n) is 9.52. The number of pyridine rings is 1. The predicted octanol–water partition coefficient (Wildman–Crippen LogP) is 1.34. The molecule has 17 heavy (non-hydrogen) atoms. The number of rotatable bonds is 4. The van der Waals surface area contributed by atoms with Gasteiger partial charge < -0.3 is 14.7 Å². The molecular weight excluding hydrogens is 264 g/mol. The van der Waals surface area contributed by atoms with Gasteiger partial charge in [-0.3, -0.25) is 14.1 Å². The average molecular weight is 279 g/mol. The van der Waals surface area contributed by atoms with E-state index in [4.69, 9.17) is 9.79 Å². The van der Waals surface area contributed by atoms with Gasteiger partial charge in [-0.15, -0.1) is 0 Å². The van der Waals surface area contributed by atoms with E-state index in [0.717, 1.165) is 12.2 Å². The van der Waals surface area contributed by atoms with Crippen LogP contribution in [0.25, 0.3) is 0 Å². The van der Waals surface area contributed by atoms with Gasteiger partial charge in [0.1, 0.15) is 5.40 Å². The number of nitrogens with zero attached hydrogens (tertiary/aromatic N) is 1. The van der Waals surface area contributed by atoms with Gasteiger partial charge in [-0.25, -0.2) is 0 Å². The first-order valence-corrected chi connectivity index (χ1v) is 8.72. The third-order valence-electron chi connectivity index (χ3n) is 2.29. The Kier molecular flexibility index (Phi) is 4.28. The standard InChI is InChI=1S/C9H15NO5P2/c1-7-3-8(6-10-5-7)4-9(16(2,11)12)17(13,14)15/h3,5-6,9H,4H2,1-2H3,(H,11,12)(H2,13,14,15). The SMILES string of the molecule is Cc1cncc(CC(P(C)(=O)O)P(=O)(O)O)c1. The van der Waals surface area contributed by atoms with Gasteiger partial charge >= 0.3 is 7.60 Å². The number of aryl methyl sites for hydroxylation is 1. The molecule has 0 fully saturated rings. The Morgan fingerprint density at radius 1 is 1.29 bits per heavy atom. The monoisotopic (exact) mass is 279 g/mol. The van der Waals surface area contributed by atoms with Crippen LogP contribution in [0.2, 0.25) is 0 Å². The minimum absolute atomic E-state index is 0.163. The normalized spacial score (nSPS) is 17.5. The maximum absolute atomic E-state index is 11.5. The molecule has 0 amide bonds. The third kappa shape index (κ3) is 4.34. The summed E-state index contributed by atoms with van der Waals surface area (Å²) in [7, 11) is -8.49. The lowest BCUT2D eigenvalue weighted by molar-refractivity contribution is 0.363. The summed E-state index contributed by atoms with van der Waals surface area (Å²) in [5.41, 5.74) is 1.37. The Labute approximate surface area is 99.3 Å². The van der Waals surface area contributed by atoms with Gasteiger partial charge in [0.25, 0.3) is 0 Å². The highest BCUT2D eigenvalue weighted by atomic mass is 31.2. The molecule has 6 nitrogen and oxygen atoms in total. The number of hydrogen-bond donors (Lipinski definition) is 3. The van der Waals surface area contributed by atoms with E-state index < -0.39 is 20.4 Å². The highest BCUT2D eigenvalue weighted by Crippen LogP contribution is 2.61. The molecule has 1 heterocycles. The maximum atomic E-state index is 11.5. The van der Waals surface area contributed by atoms with Gasteiger partial charge in [0.15, 0.2) is 0 Å². The van der Waals surface area contributed by atoms with Crippen LogP contribution in [0.4, 0.5) is 0 Å². The first kappa shape index (κ1) is 14.6. The highest BCUT2D eigenvalue weighted by molar-refractivity contribution is 7.73. The van der Waals surface area contributed by atoms with Gasteiger partial charge in [-0.2, -0.15) is 0 Å². The van der Waals surface area contributed by atoms with E-state index >= 15 is 0 Å². The summed E-state index contributed by atoms with van der Waals surface area (Å²) in [6.45, 7) is 2.74. The van der Waals surface area contributed by atoms with Crippen molar-refractivity contribution in [3.05, 3.63) is 29.6 Å². The van der Waals surface area contributed by atoms with E-state index in [1.165, 1.54) is 6.20 Å². The number of hydrogen-bond acceptors (Lipinski definition) is 3. The lowest BCUT2D eigenvalue weighted by Crippen LogP contribution is -2.12. The summed E-state index contributed by atoms with van der Waals surface area (Å²) in [5.74, 6) is 0. The van der Waals surface area contributed by atoms with Crippen molar-refractivity contribution in [3.8, 4) is 0 Å². The van der Waals surface area contributed by atoms with E-state index in [1.54, 1.807) is 19.2 Å². The van der Waals surface area contributed by atoms with Gasteiger partial charge in [0, 0.05) is 19.1 Å². The molecule has 0 spiro atoms. The summed E-state index contributed by atoms with van der Waals surface area (Å²) < 4.78 is 22.7. The molecule has 2 atom stereocenters. The zero-order chi connectivity index (χ0) is 13.3. The van der Waals surface area contributed by atoms with Crippen LogP contribution < -0.4 is 0 Å². The largest absolute Gasteiger partial charge is 0.344 e. The molecule has 1 rings (SSSR count). The van der Waals surface area contributed by atoms with E-state index in [-0.39, 0.29) is 6.42 Å². The Hall–Kier alpha value is -0.510. The van der Waals surface area contributed by atoms with E-state index in [1.807, 2.05) is 0 Å². The molecule has 3 N–H and O–H groups in total. The van der Waals surface area contributed by atoms with Gasteiger partial charge in [-0.1, -0.05) is 6.07 Å². The fourth-order valence-corrected chi connectivity index (χ4v) is 4.74. The predicted molar refractivity (Wildman–Crippen MR) is 64.3 cm³/mol. The summed E-state index contributed by atoms with van der Waals surface area (Å²) in [6.07, 6.45) is 2.87. The second-order valence-electron chi connectivity index (χ2n) is 4.09. The minimum Gasteiger partial charge on any atom is -0.344 e. The van der Waals surface area contributed by atoms with Crippen molar-refractivity contribution in [2.24, 2.45) is 0 Å². The second-order valence-corrected chi connectivity index (χ2v) is 8.81. The van der Waals surface area contributed by atoms with Crippen LogP contribution in [0.5, 0.6) is 0 Å². The second kappa shape index (κ2) is 5.01. The molecule has 0 aliphatic heterocycles. The highest BCUT2D eigenvalue weighted by Gasteiger charge is 2.40. The lowest BCUT2D eigenvalue weighted by Gasteiger charge is -2.21. The molecule has 0 aliphatic rings. The topological polar surface area (TPSA) is 108 Å². The van der Waals surface area contributed by atoms with Crippen molar-refractivity contribution in [2.45, 2.75) is 18.7 Å². The van der Waals surface area contributed by atoms with Crippen LogP contribution in [0.1, 0.15) is 11.1 Å². The van der Waals surface area contributed by atoms with Crippen molar-refractivity contribution < 1.29 is 23.8 Å². The van der Waals surface area contributed by atoms with Crippen molar-refractivity contribution >= 4 is 15.0 Å². The van der Waals surface area contributed by atoms with Crippen molar-refractivity contribution in [2.75, 3.05) is 6.66 Å². The molecule has 0 saturated carbocycles. The van der Waals surface area contributed by atoms with Crippen LogP contribution in [-0.4, -0.2) is 31.7 Å². The minimum atomic E-state index is -4.62. The molecule has 96 valence electrons. The summed E-state index contributed by atoms with van der Waals surface area (Å²) in [6, 6.07) is 1.69. The van der Waals surface area contributed by atoms with Crippen LogP contribution in [0.3, 0.4) is 0 Å². The fourth-order valence-electron chi connectivity index (χ4n) is 1.51. The van der Waals surface area contributed by atoms with Crippen LogP contribution in [-0.2, 0) is 15.6 Å². The molecular formula is C9H15NO5P2. The first-order chi connectivity index (χ1) is 7.60. The quantitative estimate of drug-likeness (QED) is 0.718. The Morgan fingerprint density at radius 2 is 1.88 bits per heavy atom. The van der Waals surface area contributed by atoms with Crippen molar-refractivity contribution in [1.29, 1.82) is 0 Å². The van der Waals surface area contributed by atoms with Gasteiger partial charge in [0.05, 0.1) is 0 Å². The molecule has 1 aromatic heterocycles. The van der Waals surface area contributed by atoms with Crippen molar-refractivity contribution in [3.63, 3.8) is 0 Å². The van der Waals surface area contributed by atoms with E-state index in [2.05, 4.69) is 4.98 Å².